The molecule has 0 spiro atoms. The molecule has 0 bridgehead atoms. The molecule has 10 nitrogen and oxygen atoms in total. The van der Waals surface area contributed by atoms with Crippen LogP contribution in [0.5, 0.6) is 0 Å². The molecule has 0 aliphatic carbocycles. The van der Waals surface area contributed by atoms with Gasteiger partial charge in [-0.2, -0.15) is 0 Å². The van der Waals surface area contributed by atoms with Crippen molar-refractivity contribution in [1.29, 1.82) is 0 Å². The first kappa shape index (κ1) is 26.3. The Balaban J connectivity index is 2.11. The Morgan fingerprint density at radius 1 is 0.806 bits per heavy atom. The molecule has 0 fully saturated rings. The van der Waals surface area contributed by atoms with Crippen molar-refractivity contribution in [1.82, 2.24) is 10.6 Å². The van der Waals surface area contributed by atoms with Crippen molar-refractivity contribution in [2.45, 2.75) is 39.5 Å². The van der Waals surface area contributed by atoms with E-state index in [0.29, 0.717) is 13.1 Å². The third-order valence-electron chi connectivity index (χ3n) is 3.55. The summed E-state index contributed by atoms with van der Waals surface area (Å²) in [6.45, 7) is 6.64. The Labute approximate surface area is 182 Å². The van der Waals surface area contributed by atoms with E-state index < -0.39 is 17.7 Å². The molecule has 0 heterocycles. The smallest absolute Gasteiger partial charge is 0.407 e. The van der Waals surface area contributed by atoms with E-state index >= 15 is 0 Å². The van der Waals surface area contributed by atoms with Gasteiger partial charge in [-0.1, -0.05) is 24.3 Å². The molecule has 0 atom stereocenters. The Hall–Kier alpha value is -2.69. The summed E-state index contributed by atoms with van der Waals surface area (Å²) in [7, 11) is 0. The number of benzene rings is 1. The first-order valence-electron chi connectivity index (χ1n) is 9.92. The highest BCUT2D eigenvalue weighted by atomic mass is 16.6. The topological polar surface area (TPSA) is 132 Å². The van der Waals surface area contributed by atoms with Gasteiger partial charge in [-0.05, 0) is 31.9 Å². The van der Waals surface area contributed by atoms with Crippen molar-refractivity contribution in [3.63, 3.8) is 0 Å². The average molecular weight is 440 g/mol. The first-order chi connectivity index (χ1) is 14.7. The number of hydrogen-bond acceptors (Lipinski definition) is 7. The fourth-order valence-electron chi connectivity index (χ4n) is 2.18. The highest BCUT2D eigenvalue weighted by Gasteiger charge is 2.15. The summed E-state index contributed by atoms with van der Waals surface area (Å²) < 4.78 is 20.4. The predicted molar refractivity (Wildman–Crippen MR) is 111 cm³/mol. The quantitative estimate of drug-likeness (QED) is 0.371. The largest absolute Gasteiger partial charge is 0.480 e. The third kappa shape index (κ3) is 14.9. The second-order valence-corrected chi connectivity index (χ2v) is 7.56. The van der Waals surface area contributed by atoms with Gasteiger partial charge >= 0.3 is 12.1 Å². The first-order valence-corrected chi connectivity index (χ1v) is 9.92. The van der Waals surface area contributed by atoms with Gasteiger partial charge in [0.1, 0.15) is 18.8 Å². The molecule has 2 amide bonds. The van der Waals surface area contributed by atoms with Crippen LogP contribution in [0.1, 0.15) is 31.9 Å². The number of carboxylic acids is 1. The van der Waals surface area contributed by atoms with Crippen LogP contribution in [0.25, 0.3) is 0 Å². The highest BCUT2D eigenvalue weighted by Crippen LogP contribution is 2.08. The van der Waals surface area contributed by atoms with E-state index in [1.54, 1.807) is 20.8 Å². The molecule has 0 unspecified atom stereocenters. The van der Waals surface area contributed by atoms with Crippen LogP contribution in [0.4, 0.5) is 4.79 Å². The van der Waals surface area contributed by atoms with Crippen LogP contribution in [0.2, 0.25) is 0 Å². The number of carbonyl (C=O) groups excluding carboxylic acids is 2. The van der Waals surface area contributed by atoms with E-state index in [2.05, 4.69) is 10.6 Å². The van der Waals surface area contributed by atoms with Gasteiger partial charge in [0.05, 0.1) is 26.4 Å². The monoisotopic (exact) mass is 440 g/mol. The van der Waals surface area contributed by atoms with Gasteiger partial charge in [-0.15, -0.1) is 0 Å². The molecule has 1 aromatic carbocycles. The summed E-state index contributed by atoms with van der Waals surface area (Å²) >= 11 is 0. The van der Waals surface area contributed by atoms with Gasteiger partial charge in [0.15, 0.2) is 0 Å². The van der Waals surface area contributed by atoms with Crippen LogP contribution in [0.3, 0.4) is 0 Å². The number of rotatable bonds is 14. The summed E-state index contributed by atoms with van der Waals surface area (Å²) in [5, 5.41) is 13.8. The Morgan fingerprint density at radius 2 is 1.29 bits per heavy atom. The van der Waals surface area contributed by atoms with Crippen LogP contribution in [-0.2, 0) is 41.6 Å². The minimum Gasteiger partial charge on any atom is -0.480 e. The van der Waals surface area contributed by atoms with Crippen molar-refractivity contribution in [2.24, 2.45) is 0 Å². The Bertz CT molecular complexity index is 686. The minimum atomic E-state index is -1.03. The maximum Gasteiger partial charge on any atom is 0.407 e. The summed E-state index contributed by atoms with van der Waals surface area (Å²) in [6.07, 6.45) is -0.472. The average Bonchev–Trinajstić information content (AvgIpc) is 2.68. The van der Waals surface area contributed by atoms with Gasteiger partial charge in [0, 0.05) is 13.1 Å². The van der Waals surface area contributed by atoms with Crippen LogP contribution in [0.15, 0.2) is 24.3 Å². The van der Waals surface area contributed by atoms with Crippen LogP contribution in [-0.4, -0.2) is 68.3 Å². The van der Waals surface area contributed by atoms with E-state index in [0.717, 1.165) is 11.1 Å². The molecule has 0 aliphatic heterocycles. The molecule has 0 radical (unpaired) electrons. The minimum absolute atomic E-state index is 0.0865. The molecule has 1 rings (SSSR count). The third-order valence-corrected chi connectivity index (χ3v) is 3.55. The zero-order chi connectivity index (χ0) is 23.1. The summed E-state index contributed by atoms with van der Waals surface area (Å²) in [5.74, 6) is -1.28. The van der Waals surface area contributed by atoms with E-state index in [1.807, 2.05) is 24.3 Å². The molecule has 10 heteroatoms. The van der Waals surface area contributed by atoms with E-state index in [4.69, 9.17) is 24.1 Å². The Morgan fingerprint density at radius 3 is 1.81 bits per heavy atom. The van der Waals surface area contributed by atoms with Gasteiger partial charge < -0.3 is 34.7 Å². The van der Waals surface area contributed by atoms with E-state index in [9.17, 15) is 14.4 Å². The van der Waals surface area contributed by atoms with Crippen molar-refractivity contribution in [3.8, 4) is 0 Å². The lowest BCUT2D eigenvalue weighted by Crippen LogP contribution is -2.32. The van der Waals surface area contributed by atoms with Gasteiger partial charge in [-0.25, -0.2) is 9.59 Å². The highest BCUT2D eigenvalue weighted by molar-refractivity contribution is 5.77. The normalized spacial score (nSPS) is 11.1. The molecular weight excluding hydrogens is 408 g/mol. The summed E-state index contributed by atoms with van der Waals surface area (Å²) in [5.41, 5.74) is 1.29. The number of aliphatic carboxylic acids is 1. The molecule has 0 saturated carbocycles. The number of carboxylic acid groups (broad SMARTS) is 1. The van der Waals surface area contributed by atoms with Crippen LogP contribution >= 0.6 is 0 Å². The lowest BCUT2D eigenvalue weighted by molar-refractivity contribution is -0.142. The van der Waals surface area contributed by atoms with Crippen molar-refractivity contribution < 1.29 is 38.4 Å². The predicted octanol–water partition coefficient (Wildman–Crippen LogP) is 1.46. The lowest BCUT2D eigenvalue weighted by atomic mass is 10.1. The molecule has 0 aromatic heterocycles. The number of hydrogen-bond donors (Lipinski definition) is 3. The second kappa shape index (κ2) is 14.3. The molecule has 31 heavy (non-hydrogen) atoms. The maximum absolute atomic E-state index is 11.8. The van der Waals surface area contributed by atoms with E-state index in [1.165, 1.54) is 0 Å². The van der Waals surface area contributed by atoms with E-state index in [-0.39, 0.29) is 45.5 Å². The van der Waals surface area contributed by atoms with Crippen LogP contribution in [0, 0.1) is 0 Å². The second-order valence-electron chi connectivity index (χ2n) is 7.56. The molecule has 174 valence electrons. The molecule has 0 aliphatic rings. The molecule has 1 aromatic rings. The van der Waals surface area contributed by atoms with Crippen molar-refractivity contribution in [2.75, 3.05) is 39.6 Å². The fourth-order valence-corrected chi connectivity index (χ4v) is 2.18. The SMILES string of the molecule is CC(C)(C)OC(=O)NCc1ccc(CNC(=O)COCCOCCOCC(=O)O)cc1. The molecule has 0 saturated heterocycles. The lowest BCUT2D eigenvalue weighted by Gasteiger charge is -2.19. The zero-order valence-corrected chi connectivity index (χ0v) is 18.3. The van der Waals surface area contributed by atoms with Crippen LogP contribution < -0.4 is 10.6 Å². The number of ether oxygens (including phenoxy) is 4. The van der Waals surface area contributed by atoms with Gasteiger partial charge in [0.2, 0.25) is 5.91 Å². The van der Waals surface area contributed by atoms with Gasteiger partial charge in [0.25, 0.3) is 0 Å². The summed E-state index contributed by atoms with van der Waals surface area (Å²) in [6, 6.07) is 7.47. The maximum atomic E-state index is 11.8. The summed E-state index contributed by atoms with van der Waals surface area (Å²) in [4.78, 5) is 33.7. The molecule has 3 N–H and O–H groups in total. The fraction of sp³-hybridized carbons (Fsp3) is 0.571. The number of alkyl carbamates (subject to hydrolysis) is 1. The number of nitrogens with one attached hydrogen (secondary N) is 2. The number of amides is 2. The standard InChI is InChI=1S/C21H32N2O8/c1-21(2,3)31-20(27)23-13-17-6-4-16(5-7-17)12-22-18(24)14-29-10-8-28-9-11-30-15-19(25)26/h4-7H,8-15H2,1-3H3,(H,22,24)(H,23,27)(H,25,26). The molecular formula is C21H32N2O8. The van der Waals surface area contributed by atoms with Crippen molar-refractivity contribution in [3.05, 3.63) is 35.4 Å². The zero-order valence-electron chi connectivity index (χ0n) is 18.3. The van der Waals surface area contributed by atoms with Crippen molar-refractivity contribution >= 4 is 18.0 Å². The Kier molecular flexibility index (Phi) is 12.2. The van der Waals surface area contributed by atoms with Gasteiger partial charge in [-0.3, -0.25) is 4.79 Å². The number of carbonyl (C=O) groups is 3.